The lowest BCUT2D eigenvalue weighted by molar-refractivity contribution is 0.886. The molecule has 0 fully saturated rings. The molecule has 0 amide bonds. The third-order valence-corrected chi connectivity index (χ3v) is 2.35. The first kappa shape index (κ1) is 21.6. The first-order chi connectivity index (χ1) is 10.3. The molecule has 0 saturated heterocycles. The zero-order valence-electron chi connectivity index (χ0n) is 14.4. The van der Waals surface area contributed by atoms with Gasteiger partial charge in [-0.3, -0.25) is 9.97 Å². The summed E-state index contributed by atoms with van der Waals surface area (Å²) < 4.78 is 0. The van der Waals surface area contributed by atoms with Crippen LogP contribution in [-0.4, -0.2) is 9.97 Å². The van der Waals surface area contributed by atoms with Crippen molar-refractivity contribution < 1.29 is 0 Å². The van der Waals surface area contributed by atoms with Gasteiger partial charge in [-0.05, 0) is 36.2 Å². The van der Waals surface area contributed by atoms with E-state index >= 15 is 0 Å². The molecule has 21 heavy (non-hydrogen) atoms. The summed E-state index contributed by atoms with van der Waals surface area (Å²) in [7, 11) is 0. The fourth-order valence-corrected chi connectivity index (χ4v) is 1.15. The molecule has 2 heterocycles. The van der Waals surface area contributed by atoms with Gasteiger partial charge in [0.05, 0.1) is 0 Å². The maximum atomic E-state index is 3.93. The maximum Gasteiger partial charge on any atom is 0.0270 e. The smallest absolute Gasteiger partial charge is 0.0270 e. The molecule has 0 aliphatic heterocycles. The molecule has 0 atom stereocenters. The van der Waals surface area contributed by atoms with Crippen molar-refractivity contribution in [3.05, 3.63) is 60.7 Å². The Morgan fingerprint density at radius 2 is 1.14 bits per heavy atom. The second-order valence-corrected chi connectivity index (χ2v) is 4.13. The highest BCUT2D eigenvalue weighted by Gasteiger charge is 1.85. The van der Waals surface area contributed by atoms with Crippen LogP contribution in [0.4, 0.5) is 0 Å². The van der Waals surface area contributed by atoms with Crippen molar-refractivity contribution in [3.63, 3.8) is 0 Å². The molecule has 2 nitrogen and oxygen atoms in total. The third kappa shape index (κ3) is 18.3. The number of hydrogen-bond acceptors (Lipinski definition) is 2. The molecule has 0 radical (unpaired) electrons. The van der Waals surface area contributed by atoms with Gasteiger partial charge in [-0.25, -0.2) is 0 Å². The molecule has 0 saturated carbocycles. The van der Waals surface area contributed by atoms with Crippen molar-refractivity contribution in [2.24, 2.45) is 0 Å². The number of aromatic nitrogens is 2. The summed E-state index contributed by atoms with van der Waals surface area (Å²) in [6.07, 6.45) is 12.2. The van der Waals surface area contributed by atoms with E-state index in [1.54, 1.807) is 12.4 Å². The van der Waals surface area contributed by atoms with Gasteiger partial charge in [0.1, 0.15) is 0 Å². The molecular formula is C19H32N2. The van der Waals surface area contributed by atoms with E-state index in [0.717, 1.165) is 0 Å². The van der Waals surface area contributed by atoms with Crippen LogP contribution >= 0.6 is 0 Å². The lowest BCUT2D eigenvalue weighted by Crippen LogP contribution is -1.80. The minimum absolute atomic E-state index is 1.17. The van der Waals surface area contributed by atoms with Gasteiger partial charge in [-0.2, -0.15) is 0 Å². The average molecular weight is 288 g/mol. The Morgan fingerprint density at radius 3 is 1.43 bits per heavy atom. The largest absolute Gasteiger partial charge is 0.265 e. The molecule has 0 aromatic carbocycles. The standard InChI is InChI=1S/C8H11N.C5H5N.C4H10.C2H6/c1-2-3-8-4-6-9-7-5-8;1-2-4-6-5-3-1;1-3-4-2;1-2/h4-7H,2-3H2,1H3;1-5H;3-4H2,1-2H3;1-2H3. The van der Waals surface area contributed by atoms with E-state index in [1.165, 1.54) is 31.2 Å². The van der Waals surface area contributed by atoms with Crippen molar-refractivity contribution in [2.45, 2.75) is 60.3 Å². The number of rotatable bonds is 3. The molecule has 118 valence electrons. The Labute approximate surface area is 131 Å². The minimum atomic E-state index is 1.17. The van der Waals surface area contributed by atoms with Gasteiger partial charge in [0.15, 0.2) is 0 Å². The van der Waals surface area contributed by atoms with Crippen LogP contribution in [0.3, 0.4) is 0 Å². The molecule has 0 N–H and O–H groups in total. The highest BCUT2D eigenvalue weighted by molar-refractivity contribution is 5.09. The number of pyridine rings is 2. The lowest BCUT2D eigenvalue weighted by Gasteiger charge is -1.93. The number of nitrogens with zero attached hydrogens (tertiary/aromatic N) is 2. The van der Waals surface area contributed by atoms with Crippen LogP contribution in [0, 0.1) is 0 Å². The quantitative estimate of drug-likeness (QED) is 0.697. The van der Waals surface area contributed by atoms with Gasteiger partial charge >= 0.3 is 0 Å². The van der Waals surface area contributed by atoms with Gasteiger partial charge in [-0.1, -0.05) is 59.9 Å². The van der Waals surface area contributed by atoms with Gasteiger partial charge < -0.3 is 0 Å². The second-order valence-electron chi connectivity index (χ2n) is 4.13. The summed E-state index contributed by atoms with van der Waals surface area (Å²) in [5, 5.41) is 0. The first-order valence-electron chi connectivity index (χ1n) is 8.09. The number of aryl methyl sites for hydroxylation is 1. The Morgan fingerprint density at radius 1 is 0.667 bits per heavy atom. The molecule has 2 rings (SSSR count). The Kier molecular flexibility index (Phi) is 21.2. The van der Waals surface area contributed by atoms with E-state index in [0.29, 0.717) is 0 Å². The Bertz CT molecular complexity index is 331. The van der Waals surface area contributed by atoms with Gasteiger partial charge in [0.25, 0.3) is 0 Å². The number of unbranched alkanes of at least 4 members (excludes halogenated alkanes) is 1. The van der Waals surface area contributed by atoms with Crippen LogP contribution < -0.4 is 0 Å². The van der Waals surface area contributed by atoms with Crippen LogP contribution in [0.25, 0.3) is 0 Å². The second kappa shape index (κ2) is 20.6. The maximum absolute atomic E-state index is 3.93. The summed E-state index contributed by atoms with van der Waals surface area (Å²) in [5.74, 6) is 0. The molecule has 0 bridgehead atoms. The van der Waals surface area contributed by atoms with Crippen molar-refractivity contribution in [1.82, 2.24) is 9.97 Å². The van der Waals surface area contributed by atoms with Gasteiger partial charge in [-0.15, -0.1) is 0 Å². The van der Waals surface area contributed by atoms with Crippen LogP contribution in [0.5, 0.6) is 0 Å². The van der Waals surface area contributed by atoms with E-state index in [1.807, 2.05) is 44.4 Å². The summed E-state index contributed by atoms with van der Waals surface area (Å²) in [6.45, 7) is 10.5. The summed E-state index contributed by atoms with van der Waals surface area (Å²) in [5.41, 5.74) is 1.38. The van der Waals surface area contributed by atoms with Crippen LogP contribution in [-0.2, 0) is 6.42 Å². The molecule has 2 aromatic rings. The summed E-state index contributed by atoms with van der Waals surface area (Å²) >= 11 is 0. The van der Waals surface area contributed by atoms with E-state index in [9.17, 15) is 0 Å². The third-order valence-electron chi connectivity index (χ3n) is 2.35. The SMILES string of the molecule is CC.CCCC.CCCc1ccncc1.c1ccncc1. The predicted octanol–water partition coefficient (Wildman–Crippen LogP) is 5.95. The predicted molar refractivity (Wildman–Crippen MR) is 94.4 cm³/mol. The van der Waals surface area contributed by atoms with Crippen molar-refractivity contribution in [2.75, 3.05) is 0 Å². The molecule has 2 aromatic heterocycles. The minimum Gasteiger partial charge on any atom is -0.265 e. The first-order valence-corrected chi connectivity index (χ1v) is 8.09. The number of hydrogen-bond donors (Lipinski definition) is 0. The monoisotopic (exact) mass is 288 g/mol. The molecule has 0 spiro atoms. The van der Waals surface area contributed by atoms with Gasteiger partial charge in [0, 0.05) is 24.8 Å². The van der Waals surface area contributed by atoms with E-state index in [4.69, 9.17) is 0 Å². The Balaban J connectivity index is 0. The molecule has 2 heteroatoms. The van der Waals surface area contributed by atoms with Crippen molar-refractivity contribution in [3.8, 4) is 0 Å². The fraction of sp³-hybridized carbons (Fsp3) is 0.474. The molecule has 0 aliphatic rings. The zero-order valence-corrected chi connectivity index (χ0v) is 14.4. The molecule has 0 unspecified atom stereocenters. The Hall–Kier alpha value is -1.70. The summed E-state index contributed by atoms with van der Waals surface area (Å²) in [4.78, 5) is 7.71. The fourth-order valence-electron chi connectivity index (χ4n) is 1.15. The van der Waals surface area contributed by atoms with Crippen molar-refractivity contribution in [1.29, 1.82) is 0 Å². The van der Waals surface area contributed by atoms with E-state index in [2.05, 4.69) is 42.9 Å². The van der Waals surface area contributed by atoms with Crippen molar-refractivity contribution >= 4 is 0 Å². The zero-order chi connectivity index (χ0) is 16.2. The molecular weight excluding hydrogens is 256 g/mol. The van der Waals surface area contributed by atoms with Crippen LogP contribution in [0.2, 0.25) is 0 Å². The van der Waals surface area contributed by atoms with E-state index < -0.39 is 0 Å². The summed E-state index contributed by atoms with van der Waals surface area (Å²) in [6, 6.07) is 9.83. The topological polar surface area (TPSA) is 25.8 Å². The van der Waals surface area contributed by atoms with E-state index in [-0.39, 0.29) is 0 Å². The average Bonchev–Trinajstić information content (AvgIpc) is 2.60. The highest BCUT2D eigenvalue weighted by Crippen LogP contribution is 1.98. The van der Waals surface area contributed by atoms with Crippen LogP contribution in [0.1, 0.15) is 59.4 Å². The normalized spacial score (nSPS) is 8.05. The van der Waals surface area contributed by atoms with Crippen LogP contribution in [0.15, 0.2) is 55.1 Å². The molecule has 0 aliphatic carbocycles. The lowest BCUT2D eigenvalue weighted by atomic mass is 10.2. The van der Waals surface area contributed by atoms with Gasteiger partial charge in [0.2, 0.25) is 0 Å². The highest BCUT2D eigenvalue weighted by atomic mass is 14.6.